The van der Waals surface area contributed by atoms with Gasteiger partial charge in [0, 0.05) is 11.1 Å². The van der Waals surface area contributed by atoms with E-state index in [2.05, 4.69) is 0 Å². The Morgan fingerprint density at radius 2 is 2.00 bits per heavy atom. The maximum absolute atomic E-state index is 13.0. The Hall–Kier alpha value is -1.38. The van der Waals surface area contributed by atoms with E-state index in [1.54, 1.807) is 6.07 Å². The van der Waals surface area contributed by atoms with Gasteiger partial charge in [-0.1, -0.05) is 29.8 Å². The zero-order valence-corrected chi connectivity index (χ0v) is 10.9. The summed E-state index contributed by atoms with van der Waals surface area (Å²) in [5, 5.41) is 0.704. The van der Waals surface area contributed by atoms with Crippen LogP contribution in [0.5, 0.6) is 0 Å². The Bertz CT molecular complexity index is 554. The van der Waals surface area contributed by atoms with Crippen molar-refractivity contribution < 1.29 is 4.39 Å². The Balaban J connectivity index is 2.19. The highest BCUT2D eigenvalue weighted by Gasteiger charge is 2.10. The van der Waals surface area contributed by atoms with Gasteiger partial charge in [-0.3, -0.25) is 0 Å². The largest absolute Gasteiger partial charge is 0.324 e. The molecule has 3 heteroatoms. The number of benzene rings is 2. The van der Waals surface area contributed by atoms with Crippen molar-refractivity contribution >= 4 is 11.6 Å². The lowest BCUT2D eigenvalue weighted by Crippen LogP contribution is -2.14. The molecule has 0 fully saturated rings. The average Bonchev–Trinajstić information content (AvgIpc) is 2.28. The first-order valence-corrected chi connectivity index (χ1v) is 6.20. The van der Waals surface area contributed by atoms with E-state index >= 15 is 0 Å². The minimum absolute atomic E-state index is 0.149. The van der Waals surface area contributed by atoms with Gasteiger partial charge >= 0.3 is 0 Å². The molecule has 1 nitrogen and oxygen atoms in total. The molecule has 0 aliphatic heterocycles. The molecular formula is C15H15ClFN. The molecule has 1 unspecified atom stereocenters. The van der Waals surface area contributed by atoms with E-state index in [0.717, 1.165) is 16.7 Å². The van der Waals surface area contributed by atoms with E-state index < -0.39 is 0 Å². The summed E-state index contributed by atoms with van der Waals surface area (Å²) >= 11 is 5.94. The second-order valence-corrected chi connectivity index (χ2v) is 4.88. The fourth-order valence-corrected chi connectivity index (χ4v) is 2.30. The van der Waals surface area contributed by atoms with Crippen molar-refractivity contribution in [1.82, 2.24) is 0 Å². The molecule has 2 N–H and O–H groups in total. The van der Waals surface area contributed by atoms with Gasteiger partial charge in [0.15, 0.2) is 0 Å². The van der Waals surface area contributed by atoms with Crippen LogP contribution in [0.25, 0.3) is 0 Å². The van der Waals surface area contributed by atoms with Crippen molar-refractivity contribution in [1.29, 1.82) is 0 Å². The molecule has 0 aliphatic carbocycles. The predicted octanol–water partition coefficient (Wildman–Crippen LogP) is 4.03. The molecule has 2 rings (SSSR count). The summed E-state index contributed by atoms with van der Waals surface area (Å²) in [7, 11) is 0. The van der Waals surface area contributed by atoms with Gasteiger partial charge in [-0.15, -0.1) is 0 Å². The SMILES string of the molecule is Cc1cc(F)ccc1C(N)Cc1cccc(Cl)c1. The first-order chi connectivity index (χ1) is 8.56. The van der Waals surface area contributed by atoms with Crippen LogP contribution < -0.4 is 5.73 Å². The molecule has 0 saturated heterocycles. The lowest BCUT2D eigenvalue weighted by Gasteiger charge is -2.15. The van der Waals surface area contributed by atoms with Crippen LogP contribution >= 0.6 is 11.6 Å². The van der Waals surface area contributed by atoms with Gasteiger partial charge in [0.25, 0.3) is 0 Å². The van der Waals surface area contributed by atoms with Gasteiger partial charge in [-0.05, 0) is 54.3 Å². The number of hydrogen-bond donors (Lipinski definition) is 1. The van der Waals surface area contributed by atoms with Crippen LogP contribution in [0, 0.1) is 12.7 Å². The zero-order chi connectivity index (χ0) is 13.1. The van der Waals surface area contributed by atoms with Crippen LogP contribution in [-0.2, 0) is 6.42 Å². The molecule has 0 amide bonds. The van der Waals surface area contributed by atoms with Gasteiger partial charge in [0.05, 0.1) is 0 Å². The van der Waals surface area contributed by atoms with Crippen molar-refractivity contribution in [3.63, 3.8) is 0 Å². The molecule has 0 aromatic heterocycles. The van der Waals surface area contributed by atoms with Gasteiger partial charge in [0.2, 0.25) is 0 Å². The van der Waals surface area contributed by atoms with E-state index in [1.807, 2.05) is 31.2 Å². The maximum Gasteiger partial charge on any atom is 0.123 e. The smallest absolute Gasteiger partial charge is 0.123 e. The Morgan fingerprint density at radius 3 is 2.67 bits per heavy atom. The second-order valence-electron chi connectivity index (χ2n) is 4.44. The third-order valence-corrected chi connectivity index (χ3v) is 3.21. The standard InChI is InChI=1S/C15H15ClFN/c1-10-7-13(17)5-6-14(10)15(18)9-11-3-2-4-12(16)8-11/h2-8,15H,9,18H2,1H3. The number of halogens is 2. The van der Waals surface area contributed by atoms with Crippen molar-refractivity contribution in [3.8, 4) is 0 Å². The lowest BCUT2D eigenvalue weighted by molar-refractivity contribution is 0.622. The van der Waals surface area contributed by atoms with Gasteiger partial charge < -0.3 is 5.73 Å². The van der Waals surface area contributed by atoms with Crippen molar-refractivity contribution in [2.24, 2.45) is 5.73 Å². The number of hydrogen-bond acceptors (Lipinski definition) is 1. The predicted molar refractivity (Wildman–Crippen MR) is 73.2 cm³/mol. The Labute approximate surface area is 111 Å². The third kappa shape index (κ3) is 3.09. The summed E-state index contributed by atoms with van der Waals surface area (Å²) in [6.45, 7) is 1.87. The molecule has 2 aromatic carbocycles. The molecule has 0 saturated carbocycles. The highest BCUT2D eigenvalue weighted by atomic mass is 35.5. The summed E-state index contributed by atoms with van der Waals surface area (Å²) in [6.07, 6.45) is 0.688. The molecule has 0 spiro atoms. The first-order valence-electron chi connectivity index (χ1n) is 5.82. The topological polar surface area (TPSA) is 26.0 Å². The minimum Gasteiger partial charge on any atom is -0.324 e. The molecule has 0 heterocycles. The monoisotopic (exact) mass is 263 g/mol. The number of aryl methyl sites for hydroxylation is 1. The van der Waals surface area contributed by atoms with E-state index in [0.29, 0.717) is 11.4 Å². The first kappa shape index (κ1) is 13.1. The van der Waals surface area contributed by atoms with Crippen LogP contribution in [-0.4, -0.2) is 0 Å². The van der Waals surface area contributed by atoms with E-state index in [4.69, 9.17) is 17.3 Å². The van der Waals surface area contributed by atoms with Gasteiger partial charge in [0.1, 0.15) is 5.82 Å². The second kappa shape index (κ2) is 5.51. The summed E-state index contributed by atoms with van der Waals surface area (Å²) < 4.78 is 13.0. The van der Waals surface area contributed by atoms with E-state index in [-0.39, 0.29) is 11.9 Å². The molecular weight excluding hydrogens is 249 g/mol. The third-order valence-electron chi connectivity index (χ3n) is 2.98. The van der Waals surface area contributed by atoms with Crippen LogP contribution in [0.1, 0.15) is 22.7 Å². The maximum atomic E-state index is 13.0. The molecule has 1 atom stereocenters. The molecule has 0 bridgehead atoms. The van der Waals surface area contributed by atoms with Crippen LogP contribution in [0.4, 0.5) is 4.39 Å². The normalized spacial score (nSPS) is 12.4. The minimum atomic E-state index is -0.230. The summed E-state index contributed by atoms with van der Waals surface area (Å²) in [5.41, 5.74) is 9.09. The van der Waals surface area contributed by atoms with Crippen LogP contribution in [0.3, 0.4) is 0 Å². The number of nitrogens with two attached hydrogens (primary N) is 1. The average molecular weight is 264 g/mol. The summed E-state index contributed by atoms with van der Waals surface area (Å²) in [4.78, 5) is 0. The van der Waals surface area contributed by atoms with Crippen LogP contribution in [0.2, 0.25) is 5.02 Å². The summed E-state index contributed by atoms with van der Waals surface area (Å²) in [5.74, 6) is -0.230. The molecule has 2 aromatic rings. The van der Waals surface area contributed by atoms with Crippen LogP contribution in [0.15, 0.2) is 42.5 Å². The zero-order valence-electron chi connectivity index (χ0n) is 10.2. The Kier molecular flexibility index (Phi) is 4.00. The molecule has 0 aliphatic rings. The lowest BCUT2D eigenvalue weighted by atomic mass is 9.96. The fraction of sp³-hybridized carbons (Fsp3) is 0.200. The molecule has 94 valence electrons. The fourth-order valence-electron chi connectivity index (χ4n) is 2.08. The quantitative estimate of drug-likeness (QED) is 0.889. The molecule has 18 heavy (non-hydrogen) atoms. The van der Waals surface area contributed by atoms with E-state index in [9.17, 15) is 4.39 Å². The number of rotatable bonds is 3. The van der Waals surface area contributed by atoms with Crippen molar-refractivity contribution in [2.45, 2.75) is 19.4 Å². The van der Waals surface area contributed by atoms with Gasteiger partial charge in [-0.2, -0.15) is 0 Å². The highest BCUT2D eigenvalue weighted by molar-refractivity contribution is 6.30. The highest BCUT2D eigenvalue weighted by Crippen LogP contribution is 2.21. The molecule has 0 radical (unpaired) electrons. The van der Waals surface area contributed by atoms with Gasteiger partial charge in [-0.25, -0.2) is 4.39 Å². The van der Waals surface area contributed by atoms with E-state index in [1.165, 1.54) is 12.1 Å². The van der Waals surface area contributed by atoms with Crippen molar-refractivity contribution in [3.05, 3.63) is 70.0 Å². The Morgan fingerprint density at radius 1 is 1.22 bits per heavy atom. The summed E-state index contributed by atoms with van der Waals surface area (Å²) in [6, 6.07) is 12.2. The van der Waals surface area contributed by atoms with Crippen molar-refractivity contribution in [2.75, 3.05) is 0 Å².